The van der Waals surface area contributed by atoms with Crippen molar-refractivity contribution in [3.05, 3.63) is 47.8 Å². The zero-order valence-corrected chi connectivity index (χ0v) is 10.6. The molecule has 18 heavy (non-hydrogen) atoms. The Hall–Kier alpha value is -2.17. The van der Waals surface area contributed by atoms with Crippen LogP contribution in [-0.4, -0.2) is 25.6 Å². The van der Waals surface area contributed by atoms with Gasteiger partial charge in [-0.1, -0.05) is 6.07 Å². The van der Waals surface area contributed by atoms with Crippen LogP contribution in [0.2, 0.25) is 0 Å². The Morgan fingerprint density at radius 2 is 2.17 bits per heavy atom. The number of nitrogens with zero attached hydrogens (tertiary/aromatic N) is 3. The second-order valence-electron chi connectivity index (χ2n) is 4.40. The number of hydrogen-bond acceptors (Lipinski definition) is 3. The molecular formula is C13H15N3O2. The SMILES string of the molecule is Cc1ncn(C(C)(C(=O)O)c2cccnc2)c1C. The van der Waals surface area contributed by atoms with Crippen LogP contribution in [0.15, 0.2) is 30.9 Å². The number of rotatable bonds is 3. The summed E-state index contributed by atoms with van der Waals surface area (Å²) in [6.45, 7) is 5.37. The van der Waals surface area contributed by atoms with E-state index < -0.39 is 11.5 Å². The first-order valence-corrected chi connectivity index (χ1v) is 5.63. The molecule has 0 spiro atoms. The minimum Gasteiger partial charge on any atom is -0.479 e. The number of aromatic nitrogens is 3. The fraction of sp³-hybridized carbons (Fsp3) is 0.308. The summed E-state index contributed by atoms with van der Waals surface area (Å²) >= 11 is 0. The molecule has 2 heterocycles. The summed E-state index contributed by atoms with van der Waals surface area (Å²) < 4.78 is 1.67. The van der Waals surface area contributed by atoms with Crippen molar-refractivity contribution >= 4 is 5.97 Å². The lowest BCUT2D eigenvalue weighted by atomic mass is 9.93. The summed E-state index contributed by atoms with van der Waals surface area (Å²) in [7, 11) is 0. The predicted octanol–water partition coefficient (Wildman–Crippen LogP) is 1.74. The first-order valence-electron chi connectivity index (χ1n) is 5.63. The Bertz CT molecular complexity index is 577. The highest BCUT2D eigenvalue weighted by Crippen LogP contribution is 2.28. The molecule has 0 saturated heterocycles. The fourth-order valence-corrected chi connectivity index (χ4v) is 1.97. The summed E-state index contributed by atoms with van der Waals surface area (Å²) in [5, 5.41) is 9.60. The first kappa shape index (κ1) is 12.3. The van der Waals surface area contributed by atoms with Gasteiger partial charge in [0.25, 0.3) is 0 Å². The molecule has 0 aromatic carbocycles. The summed E-state index contributed by atoms with van der Waals surface area (Å²) in [5.74, 6) is -0.934. The zero-order valence-electron chi connectivity index (χ0n) is 10.6. The second-order valence-corrected chi connectivity index (χ2v) is 4.40. The Kier molecular flexibility index (Phi) is 2.90. The highest BCUT2D eigenvalue weighted by molar-refractivity contribution is 5.80. The van der Waals surface area contributed by atoms with Crippen molar-refractivity contribution < 1.29 is 9.90 Å². The summed E-state index contributed by atoms with van der Waals surface area (Å²) in [6, 6.07) is 3.49. The molecule has 0 aliphatic carbocycles. The normalized spacial score (nSPS) is 14.2. The van der Waals surface area contributed by atoms with Crippen LogP contribution >= 0.6 is 0 Å². The van der Waals surface area contributed by atoms with Crippen molar-refractivity contribution in [3.8, 4) is 0 Å². The molecule has 1 N–H and O–H groups in total. The maximum Gasteiger partial charge on any atom is 0.334 e. The van der Waals surface area contributed by atoms with Crippen molar-refractivity contribution in [1.82, 2.24) is 14.5 Å². The largest absolute Gasteiger partial charge is 0.479 e. The highest BCUT2D eigenvalue weighted by atomic mass is 16.4. The molecule has 0 bridgehead atoms. The average Bonchev–Trinajstić information content (AvgIpc) is 2.70. The van der Waals surface area contributed by atoms with Gasteiger partial charge in [-0.15, -0.1) is 0 Å². The van der Waals surface area contributed by atoms with Crippen LogP contribution in [0.4, 0.5) is 0 Å². The summed E-state index contributed by atoms with van der Waals surface area (Å²) in [4.78, 5) is 19.9. The summed E-state index contributed by atoms with van der Waals surface area (Å²) in [6.07, 6.45) is 4.76. The van der Waals surface area contributed by atoms with Gasteiger partial charge in [0.15, 0.2) is 5.54 Å². The van der Waals surface area contributed by atoms with Crippen molar-refractivity contribution in [1.29, 1.82) is 0 Å². The fourth-order valence-electron chi connectivity index (χ4n) is 1.97. The molecule has 2 aromatic heterocycles. The number of carboxylic acids is 1. The van der Waals surface area contributed by atoms with Gasteiger partial charge < -0.3 is 9.67 Å². The molecule has 5 heteroatoms. The van der Waals surface area contributed by atoms with Gasteiger partial charge in [-0.05, 0) is 26.8 Å². The lowest BCUT2D eigenvalue weighted by molar-refractivity contribution is -0.144. The molecule has 1 atom stereocenters. The van der Waals surface area contributed by atoms with Gasteiger partial charge in [-0.2, -0.15) is 0 Å². The zero-order chi connectivity index (χ0) is 13.3. The number of aryl methyl sites for hydroxylation is 1. The van der Waals surface area contributed by atoms with E-state index in [1.165, 1.54) is 0 Å². The monoisotopic (exact) mass is 245 g/mol. The van der Waals surface area contributed by atoms with Gasteiger partial charge in [0.2, 0.25) is 0 Å². The van der Waals surface area contributed by atoms with Gasteiger partial charge in [-0.25, -0.2) is 9.78 Å². The van der Waals surface area contributed by atoms with Crippen LogP contribution in [0.3, 0.4) is 0 Å². The van der Waals surface area contributed by atoms with E-state index in [9.17, 15) is 9.90 Å². The van der Waals surface area contributed by atoms with E-state index in [2.05, 4.69) is 9.97 Å². The lowest BCUT2D eigenvalue weighted by Crippen LogP contribution is -2.40. The van der Waals surface area contributed by atoms with Crippen molar-refractivity contribution in [2.75, 3.05) is 0 Å². The highest BCUT2D eigenvalue weighted by Gasteiger charge is 2.38. The number of aliphatic carboxylic acids is 1. The molecular weight excluding hydrogens is 230 g/mol. The van der Waals surface area contributed by atoms with Gasteiger partial charge in [-0.3, -0.25) is 4.98 Å². The van der Waals surface area contributed by atoms with E-state index in [-0.39, 0.29) is 0 Å². The molecule has 2 rings (SSSR count). The molecule has 2 aromatic rings. The summed E-state index contributed by atoms with van der Waals surface area (Å²) in [5.41, 5.74) is 1.09. The van der Waals surface area contributed by atoms with Crippen LogP contribution in [0.1, 0.15) is 23.9 Å². The molecule has 0 saturated carbocycles. The van der Waals surface area contributed by atoms with Gasteiger partial charge in [0.1, 0.15) is 0 Å². The van der Waals surface area contributed by atoms with Gasteiger partial charge in [0, 0.05) is 23.7 Å². The number of carbonyl (C=O) groups is 1. The van der Waals surface area contributed by atoms with Gasteiger partial charge >= 0.3 is 5.97 Å². The van der Waals surface area contributed by atoms with Crippen molar-refractivity contribution in [3.63, 3.8) is 0 Å². The van der Waals surface area contributed by atoms with E-state index >= 15 is 0 Å². The molecule has 5 nitrogen and oxygen atoms in total. The maximum absolute atomic E-state index is 11.7. The standard InChI is InChI=1S/C13H15N3O2/c1-9-10(2)16(8-15-9)13(3,12(17)18)11-5-4-6-14-7-11/h4-8H,1-3H3,(H,17,18). The third-order valence-electron chi connectivity index (χ3n) is 3.37. The third kappa shape index (κ3) is 1.68. The molecule has 0 aliphatic rings. The quantitative estimate of drug-likeness (QED) is 0.894. The number of carboxylic acid groups (broad SMARTS) is 1. The number of pyridine rings is 1. The topological polar surface area (TPSA) is 68.0 Å². The second kappa shape index (κ2) is 4.25. The predicted molar refractivity (Wildman–Crippen MR) is 66.3 cm³/mol. The Labute approximate surface area is 105 Å². The van der Waals surface area contributed by atoms with E-state index in [0.29, 0.717) is 5.56 Å². The van der Waals surface area contributed by atoms with E-state index in [1.54, 1.807) is 42.3 Å². The molecule has 1 unspecified atom stereocenters. The average molecular weight is 245 g/mol. The van der Waals surface area contributed by atoms with Crippen molar-refractivity contribution in [2.45, 2.75) is 26.3 Å². The molecule has 0 aliphatic heterocycles. The molecule has 94 valence electrons. The van der Waals surface area contributed by atoms with Crippen LogP contribution in [0.5, 0.6) is 0 Å². The maximum atomic E-state index is 11.7. The Balaban J connectivity index is 2.66. The molecule has 0 amide bonds. The molecule has 0 fully saturated rings. The van der Waals surface area contributed by atoms with Crippen LogP contribution in [0, 0.1) is 13.8 Å². The van der Waals surface area contributed by atoms with Crippen molar-refractivity contribution in [2.24, 2.45) is 0 Å². The Morgan fingerprint density at radius 3 is 2.61 bits per heavy atom. The van der Waals surface area contributed by atoms with E-state index in [1.807, 2.05) is 13.8 Å². The first-order chi connectivity index (χ1) is 8.48. The van der Waals surface area contributed by atoms with E-state index in [4.69, 9.17) is 0 Å². The minimum atomic E-state index is -1.19. The van der Waals surface area contributed by atoms with Gasteiger partial charge in [0.05, 0.1) is 12.0 Å². The van der Waals surface area contributed by atoms with Crippen LogP contribution < -0.4 is 0 Å². The Morgan fingerprint density at radius 1 is 1.44 bits per heavy atom. The lowest BCUT2D eigenvalue weighted by Gasteiger charge is -2.28. The van der Waals surface area contributed by atoms with Crippen LogP contribution in [0.25, 0.3) is 0 Å². The van der Waals surface area contributed by atoms with Crippen LogP contribution in [-0.2, 0) is 10.3 Å². The number of imidazole rings is 1. The smallest absolute Gasteiger partial charge is 0.334 e. The minimum absolute atomic E-state index is 0.623. The molecule has 0 radical (unpaired) electrons. The van der Waals surface area contributed by atoms with E-state index in [0.717, 1.165) is 11.4 Å². The third-order valence-corrected chi connectivity index (χ3v) is 3.37. The number of hydrogen-bond donors (Lipinski definition) is 1.